The molecule has 0 saturated heterocycles. The minimum Gasteiger partial charge on any atom is -0.480 e. The fourth-order valence-corrected chi connectivity index (χ4v) is 1.61. The number of nitrogens with one attached hydrogen (secondary N) is 3. The van der Waals surface area contributed by atoms with Gasteiger partial charge in [0.15, 0.2) is 0 Å². The van der Waals surface area contributed by atoms with Crippen molar-refractivity contribution in [2.75, 3.05) is 6.54 Å². The van der Waals surface area contributed by atoms with Crippen LogP contribution in [0.25, 0.3) is 0 Å². The van der Waals surface area contributed by atoms with Gasteiger partial charge < -0.3 is 20.7 Å². The van der Waals surface area contributed by atoms with Crippen molar-refractivity contribution in [3.05, 3.63) is 18.2 Å². The molecule has 2 amide bonds. The van der Waals surface area contributed by atoms with E-state index >= 15 is 0 Å². The van der Waals surface area contributed by atoms with Crippen molar-refractivity contribution in [1.82, 2.24) is 20.6 Å². The lowest BCUT2D eigenvalue weighted by Gasteiger charge is -2.20. The molecule has 2 atom stereocenters. The highest BCUT2D eigenvalue weighted by molar-refractivity contribution is 5.82. The summed E-state index contributed by atoms with van der Waals surface area (Å²) >= 11 is 0. The SMILES string of the molecule is CCC(C)[C@H](NC(=O)NCCc1cnc[nH]1)C(=O)O. The first-order chi connectivity index (χ1) is 9.04. The van der Waals surface area contributed by atoms with E-state index in [-0.39, 0.29) is 5.92 Å². The third-order valence-corrected chi connectivity index (χ3v) is 3.00. The molecule has 0 bridgehead atoms. The van der Waals surface area contributed by atoms with Crippen molar-refractivity contribution < 1.29 is 14.7 Å². The van der Waals surface area contributed by atoms with Gasteiger partial charge in [-0.25, -0.2) is 14.6 Å². The van der Waals surface area contributed by atoms with Gasteiger partial charge in [-0.15, -0.1) is 0 Å². The second kappa shape index (κ2) is 7.40. The lowest BCUT2D eigenvalue weighted by Crippen LogP contribution is -2.49. The Morgan fingerprint density at radius 3 is 2.79 bits per heavy atom. The number of carbonyl (C=O) groups is 2. The molecule has 7 heteroatoms. The van der Waals surface area contributed by atoms with Crippen LogP contribution in [0.15, 0.2) is 12.5 Å². The van der Waals surface area contributed by atoms with Gasteiger partial charge in [-0.3, -0.25) is 0 Å². The highest BCUT2D eigenvalue weighted by Gasteiger charge is 2.24. The van der Waals surface area contributed by atoms with E-state index in [9.17, 15) is 9.59 Å². The van der Waals surface area contributed by atoms with E-state index in [1.54, 1.807) is 19.4 Å². The zero-order valence-electron chi connectivity index (χ0n) is 11.1. The number of rotatable bonds is 7. The minimum atomic E-state index is -1.02. The first-order valence-electron chi connectivity index (χ1n) is 6.29. The Labute approximate surface area is 111 Å². The summed E-state index contributed by atoms with van der Waals surface area (Å²) in [6.45, 7) is 4.10. The fraction of sp³-hybridized carbons (Fsp3) is 0.583. The topological polar surface area (TPSA) is 107 Å². The second-order valence-electron chi connectivity index (χ2n) is 4.43. The smallest absolute Gasteiger partial charge is 0.326 e. The van der Waals surface area contributed by atoms with Gasteiger partial charge in [-0.2, -0.15) is 0 Å². The molecule has 0 spiro atoms. The predicted molar refractivity (Wildman–Crippen MR) is 69.7 cm³/mol. The normalized spacial score (nSPS) is 13.6. The van der Waals surface area contributed by atoms with Crippen LogP contribution >= 0.6 is 0 Å². The van der Waals surface area contributed by atoms with Crippen LogP contribution in [0.1, 0.15) is 26.0 Å². The quantitative estimate of drug-likeness (QED) is 0.585. The van der Waals surface area contributed by atoms with E-state index in [1.807, 2.05) is 6.92 Å². The van der Waals surface area contributed by atoms with Crippen molar-refractivity contribution in [3.8, 4) is 0 Å². The summed E-state index contributed by atoms with van der Waals surface area (Å²) in [5.41, 5.74) is 0.914. The molecule has 1 aromatic heterocycles. The summed E-state index contributed by atoms with van der Waals surface area (Å²) in [4.78, 5) is 29.4. The molecule has 0 saturated carbocycles. The summed E-state index contributed by atoms with van der Waals surface area (Å²) in [6, 6.07) is -1.33. The molecule has 0 aromatic carbocycles. The number of nitrogens with zero attached hydrogens (tertiary/aromatic N) is 1. The predicted octanol–water partition coefficient (Wildman–Crippen LogP) is 0.751. The van der Waals surface area contributed by atoms with Crippen LogP contribution in [0.3, 0.4) is 0 Å². The summed E-state index contributed by atoms with van der Waals surface area (Å²) in [5.74, 6) is -1.13. The number of aromatic amines is 1. The molecule has 0 aliphatic rings. The molecule has 7 nitrogen and oxygen atoms in total. The van der Waals surface area contributed by atoms with Crippen LogP contribution in [0.5, 0.6) is 0 Å². The molecule has 1 aromatic rings. The number of hydrogen-bond acceptors (Lipinski definition) is 3. The minimum absolute atomic E-state index is 0.115. The zero-order chi connectivity index (χ0) is 14.3. The van der Waals surface area contributed by atoms with E-state index in [0.29, 0.717) is 19.4 Å². The number of carboxylic acid groups (broad SMARTS) is 1. The number of carbonyl (C=O) groups excluding carboxylic acids is 1. The molecular weight excluding hydrogens is 248 g/mol. The number of H-pyrrole nitrogens is 1. The Balaban J connectivity index is 2.34. The second-order valence-corrected chi connectivity index (χ2v) is 4.43. The van der Waals surface area contributed by atoms with Crippen molar-refractivity contribution in [3.63, 3.8) is 0 Å². The third-order valence-electron chi connectivity index (χ3n) is 3.00. The van der Waals surface area contributed by atoms with E-state index < -0.39 is 18.0 Å². The van der Waals surface area contributed by atoms with Crippen LogP contribution in [0.4, 0.5) is 4.79 Å². The summed E-state index contributed by atoms with van der Waals surface area (Å²) in [5, 5.41) is 14.1. The standard InChI is InChI=1S/C12H20N4O3/c1-3-8(2)10(11(17)18)16-12(19)14-5-4-9-6-13-7-15-9/h6-8,10H,3-5H2,1-2H3,(H,13,15)(H,17,18)(H2,14,16,19)/t8?,10-/m0/s1. The Morgan fingerprint density at radius 1 is 1.53 bits per heavy atom. The molecular formula is C12H20N4O3. The van der Waals surface area contributed by atoms with Gasteiger partial charge in [0.05, 0.1) is 6.33 Å². The monoisotopic (exact) mass is 268 g/mol. The Morgan fingerprint density at radius 2 is 2.26 bits per heavy atom. The molecule has 19 heavy (non-hydrogen) atoms. The Hall–Kier alpha value is -2.05. The molecule has 1 unspecified atom stereocenters. The maximum atomic E-state index is 11.6. The number of imidazole rings is 1. The molecule has 0 aliphatic carbocycles. The van der Waals surface area contributed by atoms with Gasteiger partial charge in [-0.1, -0.05) is 20.3 Å². The maximum absolute atomic E-state index is 11.6. The molecule has 0 radical (unpaired) electrons. The van der Waals surface area contributed by atoms with Gasteiger partial charge in [0.25, 0.3) is 0 Å². The largest absolute Gasteiger partial charge is 0.480 e. The van der Waals surface area contributed by atoms with Crippen molar-refractivity contribution in [2.45, 2.75) is 32.7 Å². The highest BCUT2D eigenvalue weighted by atomic mass is 16.4. The lowest BCUT2D eigenvalue weighted by atomic mass is 9.99. The lowest BCUT2D eigenvalue weighted by molar-refractivity contribution is -0.140. The van der Waals surface area contributed by atoms with Gasteiger partial charge in [-0.05, 0) is 5.92 Å². The third kappa shape index (κ3) is 4.99. The fourth-order valence-electron chi connectivity index (χ4n) is 1.61. The van der Waals surface area contributed by atoms with Gasteiger partial charge in [0.1, 0.15) is 6.04 Å². The Bertz CT molecular complexity index is 405. The van der Waals surface area contributed by atoms with Gasteiger partial charge in [0.2, 0.25) is 0 Å². The molecule has 106 valence electrons. The maximum Gasteiger partial charge on any atom is 0.326 e. The van der Waals surface area contributed by atoms with Crippen molar-refractivity contribution in [1.29, 1.82) is 0 Å². The summed E-state index contributed by atoms with van der Waals surface area (Å²) in [6.07, 6.45) is 4.55. The number of amides is 2. The van der Waals surface area contributed by atoms with Crippen LogP contribution in [0.2, 0.25) is 0 Å². The first-order valence-corrected chi connectivity index (χ1v) is 6.29. The molecule has 0 fully saturated rings. The molecule has 1 heterocycles. The summed E-state index contributed by atoms with van der Waals surface area (Å²) in [7, 11) is 0. The van der Waals surface area contributed by atoms with Gasteiger partial charge >= 0.3 is 12.0 Å². The van der Waals surface area contributed by atoms with E-state index in [0.717, 1.165) is 5.69 Å². The van der Waals surface area contributed by atoms with Crippen LogP contribution in [-0.2, 0) is 11.2 Å². The van der Waals surface area contributed by atoms with Crippen molar-refractivity contribution in [2.24, 2.45) is 5.92 Å². The zero-order valence-corrected chi connectivity index (χ0v) is 11.1. The van der Waals surface area contributed by atoms with Crippen LogP contribution in [-0.4, -0.2) is 39.7 Å². The van der Waals surface area contributed by atoms with Gasteiger partial charge in [0, 0.05) is 24.9 Å². The van der Waals surface area contributed by atoms with Crippen LogP contribution in [0, 0.1) is 5.92 Å². The molecule has 4 N–H and O–H groups in total. The molecule has 0 aliphatic heterocycles. The van der Waals surface area contributed by atoms with E-state index in [2.05, 4.69) is 20.6 Å². The number of urea groups is 1. The number of carboxylic acids is 1. The summed E-state index contributed by atoms with van der Waals surface area (Å²) < 4.78 is 0. The average molecular weight is 268 g/mol. The van der Waals surface area contributed by atoms with Crippen LogP contribution < -0.4 is 10.6 Å². The number of aliphatic carboxylic acids is 1. The number of aromatic nitrogens is 2. The highest BCUT2D eigenvalue weighted by Crippen LogP contribution is 2.07. The van der Waals surface area contributed by atoms with Crippen molar-refractivity contribution >= 4 is 12.0 Å². The van der Waals surface area contributed by atoms with E-state index in [1.165, 1.54) is 0 Å². The van der Waals surface area contributed by atoms with E-state index in [4.69, 9.17) is 5.11 Å². The molecule has 1 rings (SSSR count). The first kappa shape index (κ1) is 15.0. The number of hydrogen-bond donors (Lipinski definition) is 4. The Kier molecular flexibility index (Phi) is 5.84. The average Bonchev–Trinajstić information content (AvgIpc) is 2.87.